The smallest absolute Gasteiger partial charge is 0.277 e. The number of aliphatic hydroxyl groups is 1. The molecule has 7 heteroatoms. The number of hydrogen-bond acceptors (Lipinski definition) is 5. The molecule has 1 aliphatic heterocycles. The van der Waals surface area contributed by atoms with Gasteiger partial charge in [0, 0.05) is 11.8 Å². The van der Waals surface area contributed by atoms with E-state index in [-0.39, 0.29) is 18.8 Å². The number of imide groups is 1. The number of nitrogens with one attached hydrogen (secondary N) is 1. The predicted octanol–water partition coefficient (Wildman–Crippen LogP) is 3.94. The van der Waals surface area contributed by atoms with Crippen LogP contribution in [0.3, 0.4) is 0 Å². The number of β-amino-alcohol motifs (C(OH)–C–C–N with tert-alkyl or cyclic N) is 1. The molecule has 1 heterocycles. The van der Waals surface area contributed by atoms with E-state index in [2.05, 4.69) is 5.32 Å². The first-order chi connectivity index (χ1) is 14.0. The summed E-state index contributed by atoms with van der Waals surface area (Å²) in [6.07, 6.45) is 1.20. The monoisotopic (exact) mass is 408 g/mol. The van der Waals surface area contributed by atoms with Crippen LogP contribution in [0.1, 0.15) is 0 Å². The fraction of sp³-hybridized carbons (Fsp3) is 0.0909. The maximum Gasteiger partial charge on any atom is 0.277 e. The van der Waals surface area contributed by atoms with Crippen LogP contribution in [-0.4, -0.2) is 35.0 Å². The van der Waals surface area contributed by atoms with Crippen molar-refractivity contribution in [2.24, 2.45) is 0 Å². The molecule has 0 bridgehead atoms. The minimum absolute atomic E-state index is 0.0430. The summed E-state index contributed by atoms with van der Waals surface area (Å²) in [4.78, 5) is 25.0. The first-order valence-electron chi connectivity index (χ1n) is 8.97. The molecule has 3 aromatic rings. The van der Waals surface area contributed by atoms with Gasteiger partial charge in [0.25, 0.3) is 11.8 Å². The number of hydrogen-bond donors (Lipinski definition) is 2. The molecule has 1 aliphatic rings. The van der Waals surface area contributed by atoms with E-state index < -0.39 is 11.8 Å². The highest BCUT2D eigenvalue weighted by atomic mass is 35.5. The maximum atomic E-state index is 12.2. The number of aliphatic hydroxyl groups excluding tert-OH is 1. The number of fused-ring (bicyclic) bond motifs is 1. The maximum absolute atomic E-state index is 12.2. The van der Waals surface area contributed by atoms with Crippen molar-refractivity contribution in [2.45, 2.75) is 0 Å². The third-order valence-corrected chi connectivity index (χ3v) is 4.79. The van der Waals surface area contributed by atoms with Crippen molar-refractivity contribution >= 4 is 39.9 Å². The number of rotatable bonds is 6. The third kappa shape index (κ3) is 3.94. The first-order valence-corrected chi connectivity index (χ1v) is 9.34. The zero-order chi connectivity index (χ0) is 20.4. The molecule has 0 aliphatic carbocycles. The topological polar surface area (TPSA) is 78.9 Å². The Hall–Kier alpha value is -3.35. The van der Waals surface area contributed by atoms with Crippen molar-refractivity contribution in [3.05, 3.63) is 77.5 Å². The molecule has 0 aromatic heterocycles. The van der Waals surface area contributed by atoms with Gasteiger partial charge in [-0.05, 0) is 41.1 Å². The second-order valence-electron chi connectivity index (χ2n) is 6.46. The number of ether oxygens (including phenoxy) is 1. The summed E-state index contributed by atoms with van der Waals surface area (Å²) >= 11 is 6.35. The molecule has 146 valence electrons. The average molecular weight is 409 g/mol. The van der Waals surface area contributed by atoms with E-state index in [1.807, 2.05) is 42.5 Å². The van der Waals surface area contributed by atoms with Crippen LogP contribution >= 0.6 is 11.6 Å². The van der Waals surface area contributed by atoms with Gasteiger partial charge in [0.15, 0.2) is 0 Å². The van der Waals surface area contributed by atoms with Crippen LogP contribution in [0.15, 0.2) is 72.4 Å². The summed E-state index contributed by atoms with van der Waals surface area (Å²) in [5.74, 6) is 0.174. The van der Waals surface area contributed by atoms with Crippen LogP contribution in [0, 0.1) is 0 Å². The molecule has 2 N–H and O–H groups in total. The minimum Gasteiger partial charge on any atom is -0.456 e. The molecule has 0 spiro atoms. The SMILES string of the molecule is O=C1C=C(Nc2ccc(Oc3ccc4ccccc4c3)c(Cl)c2)C(=O)N1CCO. The molecule has 29 heavy (non-hydrogen) atoms. The highest BCUT2D eigenvalue weighted by Crippen LogP contribution is 2.33. The van der Waals surface area contributed by atoms with E-state index in [1.54, 1.807) is 18.2 Å². The van der Waals surface area contributed by atoms with Gasteiger partial charge in [-0.25, -0.2) is 0 Å². The number of carbonyl (C=O) groups is 2. The summed E-state index contributed by atoms with van der Waals surface area (Å²) < 4.78 is 5.90. The molecule has 0 radical (unpaired) electrons. The third-order valence-electron chi connectivity index (χ3n) is 4.49. The van der Waals surface area contributed by atoms with Gasteiger partial charge < -0.3 is 15.2 Å². The van der Waals surface area contributed by atoms with Gasteiger partial charge in [-0.1, -0.05) is 41.9 Å². The van der Waals surface area contributed by atoms with Crippen molar-refractivity contribution in [1.29, 1.82) is 0 Å². The normalized spacial score (nSPS) is 13.7. The van der Waals surface area contributed by atoms with E-state index in [4.69, 9.17) is 21.4 Å². The lowest BCUT2D eigenvalue weighted by Crippen LogP contribution is -2.34. The molecule has 0 saturated heterocycles. The number of halogens is 1. The zero-order valence-corrected chi connectivity index (χ0v) is 16.0. The van der Waals surface area contributed by atoms with Crippen LogP contribution in [0.4, 0.5) is 5.69 Å². The largest absolute Gasteiger partial charge is 0.456 e. The lowest BCUT2D eigenvalue weighted by Gasteiger charge is -2.14. The van der Waals surface area contributed by atoms with Crippen LogP contribution in [0.2, 0.25) is 5.02 Å². The molecule has 4 rings (SSSR count). The van der Waals surface area contributed by atoms with Gasteiger partial charge in [-0.2, -0.15) is 0 Å². The predicted molar refractivity (Wildman–Crippen MR) is 111 cm³/mol. The van der Waals surface area contributed by atoms with E-state index >= 15 is 0 Å². The zero-order valence-electron chi connectivity index (χ0n) is 15.3. The Balaban J connectivity index is 1.50. The quantitative estimate of drug-likeness (QED) is 0.604. The van der Waals surface area contributed by atoms with Gasteiger partial charge in [0.1, 0.15) is 17.2 Å². The molecule has 2 amide bonds. The number of carbonyl (C=O) groups excluding carboxylic acids is 2. The molecule has 6 nitrogen and oxygen atoms in total. The fourth-order valence-electron chi connectivity index (χ4n) is 3.08. The van der Waals surface area contributed by atoms with Crippen molar-refractivity contribution in [1.82, 2.24) is 4.90 Å². The van der Waals surface area contributed by atoms with Gasteiger partial charge in [0.05, 0.1) is 18.2 Å². The Morgan fingerprint density at radius 1 is 1.00 bits per heavy atom. The second kappa shape index (κ2) is 7.95. The van der Waals surface area contributed by atoms with E-state index in [0.29, 0.717) is 22.2 Å². The van der Waals surface area contributed by atoms with Gasteiger partial charge in [-0.3, -0.25) is 14.5 Å². The molecular formula is C22H17ClN2O4. The molecule has 3 aromatic carbocycles. The lowest BCUT2D eigenvalue weighted by atomic mass is 10.1. The number of amides is 2. The summed E-state index contributed by atoms with van der Waals surface area (Å²) in [5, 5.41) is 14.4. The molecule has 0 saturated carbocycles. The van der Waals surface area contributed by atoms with E-state index in [0.717, 1.165) is 15.7 Å². The lowest BCUT2D eigenvalue weighted by molar-refractivity contribution is -0.137. The first kappa shape index (κ1) is 19.0. The molecule has 0 fully saturated rings. The average Bonchev–Trinajstić information content (AvgIpc) is 2.98. The number of nitrogens with zero attached hydrogens (tertiary/aromatic N) is 1. The van der Waals surface area contributed by atoms with E-state index in [1.165, 1.54) is 6.08 Å². The van der Waals surface area contributed by atoms with Gasteiger partial charge >= 0.3 is 0 Å². The Labute approximate surface area is 172 Å². The Bertz CT molecular complexity index is 1140. The van der Waals surface area contributed by atoms with Crippen LogP contribution < -0.4 is 10.1 Å². The molecule has 0 atom stereocenters. The Kier molecular flexibility index (Phi) is 5.20. The Morgan fingerprint density at radius 3 is 2.55 bits per heavy atom. The molecule has 0 unspecified atom stereocenters. The summed E-state index contributed by atoms with van der Waals surface area (Å²) in [5.41, 5.74) is 0.668. The highest BCUT2D eigenvalue weighted by Gasteiger charge is 2.30. The molecular weight excluding hydrogens is 392 g/mol. The van der Waals surface area contributed by atoms with E-state index in [9.17, 15) is 9.59 Å². The Morgan fingerprint density at radius 2 is 1.79 bits per heavy atom. The highest BCUT2D eigenvalue weighted by molar-refractivity contribution is 6.32. The van der Waals surface area contributed by atoms with Gasteiger partial charge in [-0.15, -0.1) is 0 Å². The van der Waals surface area contributed by atoms with Crippen LogP contribution in [0.5, 0.6) is 11.5 Å². The number of anilines is 1. The van der Waals surface area contributed by atoms with Crippen LogP contribution in [-0.2, 0) is 9.59 Å². The van der Waals surface area contributed by atoms with Gasteiger partial charge in [0.2, 0.25) is 0 Å². The standard InChI is InChI=1S/C22H17ClN2O4/c23-18-12-16(24-19-13-21(27)25(9-10-26)22(19)28)6-8-20(18)29-17-7-5-14-3-1-2-4-15(14)11-17/h1-8,11-13,24,26H,9-10H2. The fourth-order valence-corrected chi connectivity index (χ4v) is 3.30. The summed E-state index contributed by atoms with van der Waals surface area (Å²) in [7, 11) is 0. The summed E-state index contributed by atoms with van der Waals surface area (Å²) in [6.45, 7) is -0.329. The van der Waals surface area contributed by atoms with Crippen molar-refractivity contribution < 1.29 is 19.4 Å². The van der Waals surface area contributed by atoms with Crippen molar-refractivity contribution in [2.75, 3.05) is 18.5 Å². The summed E-state index contributed by atoms with van der Waals surface area (Å²) in [6, 6.07) is 18.8. The minimum atomic E-state index is -0.489. The van der Waals surface area contributed by atoms with Crippen molar-refractivity contribution in [3.63, 3.8) is 0 Å². The second-order valence-corrected chi connectivity index (χ2v) is 6.87. The van der Waals surface area contributed by atoms with Crippen molar-refractivity contribution in [3.8, 4) is 11.5 Å². The van der Waals surface area contributed by atoms with Crippen LogP contribution in [0.25, 0.3) is 10.8 Å². The number of benzene rings is 3.